The smallest absolute Gasteiger partial charge is 0.174 e. The van der Waals surface area contributed by atoms with Gasteiger partial charge in [-0.3, -0.25) is 4.79 Å². The predicted molar refractivity (Wildman–Crippen MR) is 81.0 cm³/mol. The summed E-state index contributed by atoms with van der Waals surface area (Å²) in [5.74, 6) is 0.171. The molecule has 0 radical (unpaired) electrons. The Morgan fingerprint density at radius 2 is 1.81 bits per heavy atom. The summed E-state index contributed by atoms with van der Waals surface area (Å²) in [6, 6.07) is 14.0. The molecule has 0 N–H and O–H groups in total. The minimum Gasteiger partial charge on any atom is -0.486 e. The lowest BCUT2D eigenvalue weighted by Gasteiger charge is -2.07. The fraction of sp³-hybridized carbons (Fsp3) is 0.278. The number of hydrogen-bond donors (Lipinski definition) is 0. The highest BCUT2D eigenvalue weighted by Crippen LogP contribution is 2.14. The number of hydrogen-bond acceptors (Lipinski definition) is 2. The van der Waals surface area contributed by atoms with E-state index in [-0.39, 0.29) is 24.6 Å². The Hall–Kier alpha value is -2.16. The highest BCUT2D eigenvalue weighted by atomic mass is 19.1. The molecule has 0 heterocycles. The lowest BCUT2D eigenvalue weighted by atomic mass is 10.1. The maximum atomic E-state index is 13.4. The van der Waals surface area contributed by atoms with Crippen LogP contribution in [0, 0.1) is 5.82 Å². The third-order valence-corrected chi connectivity index (χ3v) is 3.21. The molecule has 0 atom stereocenters. The summed E-state index contributed by atoms with van der Waals surface area (Å²) in [4.78, 5) is 11.8. The fourth-order valence-corrected chi connectivity index (χ4v) is 2.11. The lowest BCUT2D eigenvalue weighted by molar-refractivity contribution is -0.120. The number of ether oxygens (including phenoxy) is 1. The van der Waals surface area contributed by atoms with Crippen molar-refractivity contribution in [1.29, 1.82) is 0 Å². The van der Waals surface area contributed by atoms with Gasteiger partial charge in [-0.25, -0.2) is 4.39 Å². The van der Waals surface area contributed by atoms with Crippen LogP contribution >= 0.6 is 0 Å². The van der Waals surface area contributed by atoms with Crippen molar-refractivity contribution < 1.29 is 13.9 Å². The van der Waals surface area contributed by atoms with Gasteiger partial charge in [0.2, 0.25) is 0 Å². The molecular formula is C18H19FO2. The third-order valence-electron chi connectivity index (χ3n) is 3.21. The van der Waals surface area contributed by atoms with Crippen molar-refractivity contribution >= 4 is 5.78 Å². The third kappa shape index (κ3) is 4.71. The SMILES string of the molecule is CCCc1ccc(OCC(=O)Cc2ccccc2F)cc1. The molecule has 0 amide bonds. The first kappa shape index (κ1) is 15.2. The van der Waals surface area contributed by atoms with Crippen LogP contribution < -0.4 is 4.74 Å². The number of Topliss-reactive ketones (excluding diaryl/α,β-unsaturated/α-hetero) is 1. The summed E-state index contributed by atoms with van der Waals surface area (Å²) in [6.45, 7) is 2.09. The van der Waals surface area contributed by atoms with E-state index in [0.717, 1.165) is 12.8 Å². The largest absolute Gasteiger partial charge is 0.486 e. The molecule has 0 saturated heterocycles. The lowest BCUT2D eigenvalue weighted by Crippen LogP contribution is -2.14. The monoisotopic (exact) mass is 286 g/mol. The van der Waals surface area contributed by atoms with Gasteiger partial charge >= 0.3 is 0 Å². The van der Waals surface area contributed by atoms with E-state index in [4.69, 9.17) is 4.74 Å². The zero-order valence-corrected chi connectivity index (χ0v) is 12.1. The van der Waals surface area contributed by atoms with Gasteiger partial charge in [-0.2, -0.15) is 0 Å². The van der Waals surface area contributed by atoms with Gasteiger partial charge in [0.25, 0.3) is 0 Å². The number of carbonyl (C=O) groups excluding carboxylic acids is 1. The topological polar surface area (TPSA) is 26.3 Å². The van der Waals surface area contributed by atoms with Crippen molar-refractivity contribution in [3.8, 4) is 5.75 Å². The van der Waals surface area contributed by atoms with Gasteiger partial charge < -0.3 is 4.74 Å². The average Bonchev–Trinajstić information content (AvgIpc) is 2.49. The van der Waals surface area contributed by atoms with Gasteiger partial charge in [-0.1, -0.05) is 43.7 Å². The summed E-state index contributed by atoms with van der Waals surface area (Å²) in [6.07, 6.45) is 2.19. The van der Waals surface area contributed by atoms with Crippen molar-refractivity contribution in [3.05, 3.63) is 65.5 Å². The number of halogens is 1. The Bertz CT molecular complexity index is 590. The second-order valence-corrected chi connectivity index (χ2v) is 4.99. The minimum atomic E-state index is -0.352. The van der Waals surface area contributed by atoms with Crippen molar-refractivity contribution in [3.63, 3.8) is 0 Å². The van der Waals surface area contributed by atoms with E-state index in [1.807, 2.05) is 24.3 Å². The highest BCUT2D eigenvalue weighted by molar-refractivity contribution is 5.82. The summed E-state index contributed by atoms with van der Waals surface area (Å²) < 4.78 is 18.9. The fourth-order valence-electron chi connectivity index (χ4n) is 2.11. The maximum absolute atomic E-state index is 13.4. The van der Waals surface area contributed by atoms with Crippen LogP contribution in [0.25, 0.3) is 0 Å². The molecule has 2 aromatic carbocycles. The van der Waals surface area contributed by atoms with Crippen molar-refractivity contribution in [2.24, 2.45) is 0 Å². The Morgan fingerprint density at radius 3 is 2.48 bits per heavy atom. The van der Waals surface area contributed by atoms with E-state index in [2.05, 4.69) is 6.92 Å². The van der Waals surface area contributed by atoms with Crippen molar-refractivity contribution in [2.45, 2.75) is 26.2 Å². The molecule has 21 heavy (non-hydrogen) atoms. The number of rotatable bonds is 7. The molecule has 0 aliphatic heterocycles. The molecule has 2 rings (SSSR count). The van der Waals surface area contributed by atoms with Gasteiger partial charge in [0.15, 0.2) is 5.78 Å². The van der Waals surface area contributed by atoms with E-state index in [1.54, 1.807) is 18.2 Å². The van der Waals surface area contributed by atoms with E-state index >= 15 is 0 Å². The molecule has 0 unspecified atom stereocenters. The normalized spacial score (nSPS) is 10.4. The van der Waals surface area contributed by atoms with Crippen molar-refractivity contribution in [1.82, 2.24) is 0 Å². The number of benzene rings is 2. The van der Waals surface area contributed by atoms with Crippen LogP contribution in [0.15, 0.2) is 48.5 Å². The first-order valence-electron chi connectivity index (χ1n) is 7.16. The standard InChI is InChI=1S/C18H19FO2/c1-2-5-14-8-10-17(11-9-14)21-13-16(20)12-15-6-3-4-7-18(15)19/h3-4,6-11H,2,5,12-13H2,1H3. The van der Waals surface area contributed by atoms with Crippen LogP contribution in [0.1, 0.15) is 24.5 Å². The van der Waals surface area contributed by atoms with E-state index in [1.165, 1.54) is 11.6 Å². The Kier molecular flexibility index (Phi) is 5.50. The van der Waals surface area contributed by atoms with Crippen LogP contribution in [-0.4, -0.2) is 12.4 Å². The molecule has 0 fully saturated rings. The first-order valence-corrected chi connectivity index (χ1v) is 7.16. The van der Waals surface area contributed by atoms with Gasteiger partial charge in [0.1, 0.15) is 18.2 Å². The summed E-state index contributed by atoms with van der Waals surface area (Å²) in [7, 11) is 0. The Morgan fingerprint density at radius 1 is 1.10 bits per heavy atom. The molecule has 0 bridgehead atoms. The molecule has 3 heteroatoms. The van der Waals surface area contributed by atoms with Gasteiger partial charge in [0.05, 0.1) is 0 Å². The maximum Gasteiger partial charge on any atom is 0.174 e. The minimum absolute atomic E-state index is 0.0402. The van der Waals surface area contributed by atoms with Gasteiger partial charge in [0, 0.05) is 6.42 Å². The van der Waals surface area contributed by atoms with Crippen LogP contribution in [0.4, 0.5) is 4.39 Å². The van der Waals surface area contributed by atoms with Gasteiger partial charge in [-0.05, 0) is 35.7 Å². The number of ketones is 1. The molecule has 0 aliphatic rings. The van der Waals surface area contributed by atoms with Crippen LogP contribution in [0.2, 0.25) is 0 Å². The summed E-state index contributed by atoms with van der Waals surface area (Å²) in [5.41, 5.74) is 1.66. The van der Waals surface area contributed by atoms with E-state index in [0.29, 0.717) is 11.3 Å². The van der Waals surface area contributed by atoms with Crippen LogP contribution in [-0.2, 0) is 17.6 Å². The quantitative estimate of drug-likeness (QED) is 0.770. The molecular weight excluding hydrogens is 267 g/mol. The van der Waals surface area contributed by atoms with Crippen LogP contribution in [0.3, 0.4) is 0 Å². The van der Waals surface area contributed by atoms with Crippen molar-refractivity contribution in [2.75, 3.05) is 6.61 Å². The second kappa shape index (κ2) is 7.58. The molecule has 0 saturated carbocycles. The molecule has 2 aromatic rings. The summed E-state index contributed by atoms with van der Waals surface area (Å²) >= 11 is 0. The second-order valence-electron chi connectivity index (χ2n) is 4.99. The zero-order valence-electron chi connectivity index (χ0n) is 12.1. The summed E-state index contributed by atoms with van der Waals surface area (Å²) in [5, 5.41) is 0. The van der Waals surface area contributed by atoms with E-state index < -0.39 is 0 Å². The molecule has 0 aromatic heterocycles. The molecule has 0 spiro atoms. The van der Waals surface area contributed by atoms with Crippen LogP contribution in [0.5, 0.6) is 5.75 Å². The highest BCUT2D eigenvalue weighted by Gasteiger charge is 2.08. The first-order chi connectivity index (χ1) is 10.2. The Labute approximate surface area is 124 Å². The van der Waals surface area contributed by atoms with Gasteiger partial charge in [-0.15, -0.1) is 0 Å². The Balaban J connectivity index is 1.85. The zero-order chi connectivity index (χ0) is 15.1. The predicted octanol–water partition coefficient (Wildman–Crippen LogP) is 3.97. The number of aryl methyl sites for hydroxylation is 1. The molecule has 0 aliphatic carbocycles. The molecule has 2 nitrogen and oxygen atoms in total. The average molecular weight is 286 g/mol. The number of carbonyl (C=O) groups is 1. The van der Waals surface area contributed by atoms with E-state index in [9.17, 15) is 9.18 Å². The molecule has 110 valence electrons.